The number of hydrogen-bond donors (Lipinski definition) is 2. The van der Waals surface area contributed by atoms with Crippen LogP contribution in [0.4, 0.5) is 0 Å². The van der Waals surface area contributed by atoms with Crippen LogP contribution in [0.25, 0.3) is 0 Å². The lowest BCUT2D eigenvalue weighted by molar-refractivity contribution is -0.145. The molecule has 0 radical (unpaired) electrons. The molecule has 114 valence electrons. The maximum absolute atomic E-state index is 12.6. The highest BCUT2D eigenvalue weighted by atomic mass is 16.5. The van der Waals surface area contributed by atoms with E-state index in [9.17, 15) is 9.59 Å². The second-order valence-corrected chi connectivity index (χ2v) is 5.95. The van der Waals surface area contributed by atoms with Crippen molar-refractivity contribution in [1.29, 1.82) is 0 Å². The lowest BCUT2D eigenvalue weighted by Crippen LogP contribution is -2.46. The van der Waals surface area contributed by atoms with Crippen molar-refractivity contribution in [2.45, 2.75) is 39.2 Å². The molecule has 2 atom stereocenters. The molecular weight excluding hydrogens is 268 g/mol. The van der Waals surface area contributed by atoms with Crippen LogP contribution in [0.5, 0.6) is 0 Å². The summed E-state index contributed by atoms with van der Waals surface area (Å²) in [7, 11) is 0. The first-order chi connectivity index (χ1) is 9.98. The Bertz CT molecular complexity index is 518. The fourth-order valence-electron chi connectivity index (χ4n) is 2.82. The van der Waals surface area contributed by atoms with Gasteiger partial charge in [0.15, 0.2) is 0 Å². The first kappa shape index (κ1) is 15.5. The van der Waals surface area contributed by atoms with Crippen LogP contribution in [0.1, 0.15) is 32.3 Å². The fraction of sp³-hybridized carbons (Fsp3) is 0.500. The molecule has 2 unspecified atom stereocenters. The van der Waals surface area contributed by atoms with Crippen LogP contribution in [0.3, 0.4) is 0 Å². The molecular formula is C16H22N2O3. The molecule has 1 fully saturated rings. The summed E-state index contributed by atoms with van der Waals surface area (Å²) in [5.41, 5.74) is 2.40. The van der Waals surface area contributed by atoms with Crippen LogP contribution in [0, 0.1) is 5.41 Å². The monoisotopic (exact) mass is 290 g/mol. The predicted molar refractivity (Wildman–Crippen MR) is 78.6 cm³/mol. The van der Waals surface area contributed by atoms with Crippen molar-refractivity contribution in [1.82, 2.24) is 10.4 Å². The maximum atomic E-state index is 12.6. The summed E-state index contributed by atoms with van der Waals surface area (Å²) in [6.07, 6.45) is 2.35. The van der Waals surface area contributed by atoms with Crippen molar-refractivity contribution in [3.63, 3.8) is 0 Å². The highest BCUT2D eigenvalue weighted by molar-refractivity contribution is 5.90. The molecule has 1 saturated heterocycles. The Labute approximate surface area is 124 Å². The third-order valence-corrected chi connectivity index (χ3v) is 4.45. The lowest BCUT2D eigenvalue weighted by Gasteiger charge is -2.26. The molecule has 2 rings (SSSR count). The highest BCUT2D eigenvalue weighted by Crippen LogP contribution is 2.36. The Morgan fingerprint density at radius 1 is 1.43 bits per heavy atom. The molecule has 5 nitrogen and oxygen atoms in total. The average molecular weight is 290 g/mol. The molecule has 5 heteroatoms. The molecule has 2 amide bonds. The van der Waals surface area contributed by atoms with E-state index in [1.807, 2.05) is 25.1 Å². The second kappa shape index (κ2) is 6.26. The minimum absolute atomic E-state index is 0.00506. The Morgan fingerprint density at radius 3 is 2.71 bits per heavy atom. The number of amides is 2. The van der Waals surface area contributed by atoms with Crippen molar-refractivity contribution in [2.24, 2.45) is 5.41 Å². The summed E-state index contributed by atoms with van der Waals surface area (Å²) in [6.45, 7) is 4.15. The van der Waals surface area contributed by atoms with Crippen molar-refractivity contribution in [2.75, 3.05) is 6.54 Å². The van der Waals surface area contributed by atoms with Gasteiger partial charge in [0.25, 0.3) is 5.91 Å². The van der Waals surface area contributed by atoms with Gasteiger partial charge in [-0.05, 0) is 31.7 Å². The zero-order valence-electron chi connectivity index (χ0n) is 12.5. The van der Waals surface area contributed by atoms with Crippen molar-refractivity contribution < 1.29 is 14.8 Å². The van der Waals surface area contributed by atoms with Gasteiger partial charge in [-0.25, -0.2) is 5.48 Å². The van der Waals surface area contributed by atoms with Crippen LogP contribution in [-0.4, -0.2) is 34.5 Å². The summed E-state index contributed by atoms with van der Waals surface area (Å²) in [6, 6.07) is 9.44. The molecule has 0 aliphatic carbocycles. The number of nitrogens with one attached hydrogen (secondary N) is 1. The Morgan fingerprint density at radius 2 is 2.10 bits per heavy atom. The van der Waals surface area contributed by atoms with Gasteiger partial charge in [0.2, 0.25) is 5.91 Å². The van der Waals surface area contributed by atoms with Crippen molar-refractivity contribution in [3.8, 4) is 0 Å². The normalized spacial score (nSPS) is 23.2. The Hall–Kier alpha value is -1.88. The van der Waals surface area contributed by atoms with Crippen molar-refractivity contribution >= 4 is 11.8 Å². The largest absolute Gasteiger partial charge is 0.330 e. The lowest BCUT2D eigenvalue weighted by atomic mass is 9.82. The summed E-state index contributed by atoms with van der Waals surface area (Å²) in [4.78, 5) is 25.6. The second-order valence-electron chi connectivity index (χ2n) is 5.95. The number of nitrogens with zero attached hydrogens (tertiary/aromatic N) is 1. The summed E-state index contributed by atoms with van der Waals surface area (Å²) in [5.74, 6) is -0.551. The number of hydroxylamine groups is 1. The van der Waals surface area contributed by atoms with Crippen molar-refractivity contribution in [3.05, 3.63) is 35.9 Å². The van der Waals surface area contributed by atoms with Gasteiger partial charge in [-0.15, -0.1) is 0 Å². The number of hydrogen-bond acceptors (Lipinski definition) is 3. The van der Waals surface area contributed by atoms with E-state index in [-0.39, 0.29) is 5.91 Å². The highest BCUT2D eigenvalue weighted by Gasteiger charge is 2.44. The minimum Gasteiger partial charge on any atom is -0.330 e. The van der Waals surface area contributed by atoms with E-state index in [1.54, 1.807) is 17.3 Å². The molecule has 1 aromatic rings. The maximum Gasteiger partial charge on any atom is 0.265 e. The van der Waals surface area contributed by atoms with E-state index < -0.39 is 17.4 Å². The van der Waals surface area contributed by atoms with E-state index >= 15 is 0 Å². The number of rotatable bonds is 5. The first-order valence-electron chi connectivity index (χ1n) is 7.27. The third kappa shape index (κ3) is 3.24. The smallest absolute Gasteiger partial charge is 0.265 e. The van der Waals surface area contributed by atoms with Gasteiger partial charge in [0.1, 0.15) is 6.04 Å². The van der Waals surface area contributed by atoms with Gasteiger partial charge in [0.05, 0.1) is 0 Å². The van der Waals surface area contributed by atoms with Gasteiger partial charge in [-0.1, -0.05) is 37.3 Å². The predicted octanol–water partition coefficient (Wildman–Crippen LogP) is 1.75. The van der Waals surface area contributed by atoms with Gasteiger partial charge in [0, 0.05) is 12.0 Å². The standard InChI is InChI=1S/C16H22N2O3/c1-12(14(19)17-21)18-11-10-16(2,15(18)20)9-8-13-6-4-3-5-7-13/h3-7,12,21H,8-11H2,1-2H3,(H,17,19). The third-order valence-electron chi connectivity index (χ3n) is 4.45. The molecule has 0 aromatic heterocycles. The van der Waals surface area contributed by atoms with E-state index in [0.29, 0.717) is 6.54 Å². The van der Waals surface area contributed by atoms with Crippen LogP contribution in [-0.2, 0) is 16.0 Å². The van der Waals surface area contributed by atoms with Gasteiger partial charge >= 0.3 is 0 Å². The molecule has 0 spiro atoms. The fourth-order valence-corrected chi connectivity index (χ4v) is 2.82. The number of aryl methyl sites for hydroxylation is 1. The van der Waals surface area contributed by atoms with E-state index in [0.717, 1.165) is 19.3 Å². The zero-order chi connectivity index (χ0) is 15.5. The molecule has 1 aliphatic rings. The minimum atomic E-state index is -0.638. The van der Waals surface area contributed by atoms with Gasteiger partial charge in [-0.2, -0.15) is 0 Å². The van der Waals surface area contributed by atoms with E-state index in [4.69, 9.17) is 5.21 Å². The average Bonchev–Trinajstić information content (AvgIpc) is 2.81. The van der Waals surface area contributed by atoms with Gasteiger partial charge in [-0.3, -0.25) is 14.8 Å². The van der Waals surface area contributed by atoms with Crippen LogP contribution >= 0.6 is 0 Å². The Kier molecular flexibility index (Phi) is 4.63. The Balaban J connectivity index is 2.00. The quantitative estimate of drug-likeness (QED) is 0.641. The molecule has 1 heterocycles. The summed E-state index contributed by atoms with van der Waals surface area (Å²) >= 11 is 0. The number of likely N-dealkylation sites (tertiary alicyclic amines) is 1. The van der Waals surface area contributed by atoms with E-state index in [2.05, 4.69) is 12.1 Å². The summed E-state index contributed by atoms with van der Waals surface area (Å²) < 4.78 is 0. The summed E-state index contributed by atoms with van der Waals surface area (Å²) in [5, 5.41) is 8.70. The number of benzene rings is 1. The van der Waals surface area contributed by atoms with Gasteiger partial charge < -0.3 is 4.90 Å². The van der Waals surface area contributed by atoms with Crippen LogP contribution in [0.15, 0.2) is 30.3 Å². The van der Waals surface area contributed by atoms with Crippen LogP contribution < -0.4 is 5.48 Å². The SMILES string of the molecule is CC(C(=O)NO)N1CCC(C)(CCc2ccccc2)C1=O. The first-order valence-corrected chi connectivity index (χ1v) is 7.27. The molecule has 0 bridgehead atoms. The molecule has 1 aromatic carbocycles. The van der Waals surface area contributed by atoms with E-state index in [1.165, 1.54) is 5.56 Å². The number of carbonyl (C=O) groups excluding carboxylic acids is 2. The molecule has 1 aliphatic heterocycles. The molecule has 21 heavy (non-hydrogen) atoms. The van der Waals surface area contributed by atoms with Crippen LogP contribution in [0.2, 0.25) is 0 Å². The zero-order valence-corrected chi connectivity index (χ0v) is 12.5. The topological polar surface area (TPSA) is 69.6 Å². The number of carbonyl (C=O) groups is 2. The molecule has 2 N–H and O–H groups in total. The molecule has 0 saturated carbocycles.